The molecule has 5 nitrogen and oxygen atoms in total. The van der Waals surface area contributed by atoms with Crippen molar-refractivity contribution in [2.75, 3.05) is 46.4 Å². The van der Waals surface area contributed by atoms with Crippen molar-refractivity contribution in [2.45, 2.75) is 25.4 Å². The van der Waals surface area contributed by atoms with E-state index in [2.05, 4.69) is 4.90 Å². The highest BCUT2D eigenvalue weighted by Crippen LogP contribution is 2.32. The number of rotatable bonds is 5. The molecule has 0 N–H and O–H groups in total. The smallest absolute Gasteiger partial charge is 0.254 e. The van der Waals surface area contributed by atoms with Crippen LogP contribution in [0.4, 0.5) is 0 Å². The average Bonchev–Trinajstić information content (AvgIpc) is 3.17. The summed E-state index contributed by atoms with van der Waals surface area (Å²) in [5.74, 6) is 0.886. The van der Waals surface area contributed by atoms with Gasteiger partial charge in [0.1, 0.15) is 5.75 Å². The second kappa shape index (κ2) is 9.42. The molecule has 2 saturated heterocycles. The first kappa shape index (κ1) is 19.9. The molecule has 29 heavy (non-hydrogen) atoms. The van der Waals surface area contributed by atoms with Crippen molar-refractivity contribution in [3.8, 4) is 16.9 Å². The molecule has 2 aromatic carbocycles. The molecule has 0 aromatic heterocycles. The van der Waals surface area contributed by atoms with Crippen LogP contribution in [-0.4, -0.2) is 68.3 Å². The number of carbonyl (C=O) groups is 1. The lowest BCUT2D eigenvalue weighted by atomic mass is 9.98. The second-order valence-electron chi connectivity index (χ2n) is 7.83. The lowest BCUT2D eigenvalue weighted by molar-refractivity contribution is 0.0704. The maximum absolute atomic E-state index is 13.4. The fraction of sp³-hybridized carbons (Fsp3) is 0.458. The highest BCUT2D eigenvalue weighted by atomic mass is 16.5. The van der Waals surface area contributed by atoms with Crippen LogP contribution in [-0.2, 0) is 4.74 Å². The number of benzene rings is 2. The highest BCUT2D eigenvalue weighted by molar-refractivity contribution is 6.01. The third-order valence-corrected chi connectivity index (χ3v) is 5.92. The predicted octanol–water partition coefficient (Wildman–Crippen LogP) is 3.69. The van der Waals surface area contributed by atoms with Gasteiger partial charge in [-0.2, -0.15) is 0 Å². The normalized spacial score (nSPS) is 20.4. The molecule has 5 heteroatoms. The second-order valence-corrected chi connectivity index (χ2v) is 7.83. The molecular formula is C24H30N2O3. The van der Waals surface area contributed by atoms with E-state index in [9.17, 15) is 4.79 Å². The predicted molar refractivity (Wildman–Crippen MR) is 114 cm³/mol. The van der Waals surface area contributed by atoms with E-state index in [1.54, 1.807) is 7.11 Å². The van der Waals surface area contributed by atoms with Gasteiger partial charge in [0.05, 0.1) is 13.2 Å². The van der Waals surface area contributed by atoms with Crippen LogP contribution in [0, 0.1) is 0 Å². The van der Waals surface area contributed by atoms with Gasteiger partial charge in [-0.15, -0.1) is 0 Å². The Morgan fingerprint density at radius 1 is 1.00 bits per heavy atom. The topological polar surface area (TPSA) is 42.0 Å². The molecule has 0 aliphatic carbocycles. The van der Waals surface area contributed by atoms with Crippen molar-refractivity contribution < 1.29 is 14.3 Å². The summed E-state index contributed by atoms with van der Waals surface area (Å²) in [4.78, 5) is 17.9. The van der Waals surface area contributed by atoms with Crippen LogP contribution < -0.4 is 4.74 Å². The van der Waals surface area contributed by atoms with E-state index in [0.29, 0.717) is 6.10 Å². The van der Waals surface area contributed by atoms with Gasteiger partial charge in [-0.25, -0.2) is 0 Å². The van der Waals surface area contributed by atoms with Crippen molar-refractivity contribution in [2.24, 2.45) is 0 Å². The maximum Gasteiger partial charge on any atom is 0.254 e. The van der Waals surface area contributed by atoms with Crippen LogP contribution in [0.25, 0.3) is 11.1 Å². The van der Waals surface area contributed by atoms with Crippen LogP contribution >= 0.6 is 0 Å². The number of carbonyl (C=O) groups excluding carboxylic acids is 1. The molecule has 1 atom stereocenters. The number of para-hydroxylation sites is 1. The lowest BCUT2D eigenvalue weighted by Crippen LogP contribution is -2.37. The summed E-state index contributed by atoms with van der Waals surface area (Å²) in [6, 6.07) is 15.7. The average molecular weight is 395 g/mol. The zero-order valence-electron chi connectivity index (χ0n) is 17.2. The van der Waals surface area contributed by atoms with Gasteiger partial charge in [-0.3, -0.25) is 9.69 Å². The van der Waals surface area contributed by atoms with E-state index in [-0.39, 0.29) is 5.91 Å². The first-order valence-electron chi connectivity index (χ1n) is 10.6. The zero-order chi connectivity index (χ0) is 20.1. The molecule has 2 fully saturated rings. The number of hydrogen-bond acceptors (Lipinski definition) is 4. The van der Waals surface area contributed by atoms with Crippen LogP contribution in [0.3, 0.4) is 0 Å². The van der Waals surface area contributed by atoms with Crippen molar-refractivity contribution in [1.29, 1.82) is 0 Å². The summed E-state index contributed by atoms with van der Waals surface area (Å²) < 4.78 is 11.3. The minimum Gasteiger partial charge on any atom is -0.496 e. The Hall–Kier alpha value is -2.37. The molecule has 0 radical (unpaired) electrons. The van der Waals surface area contributed by atoms with Gasteiger partial charge in [-0.1, -0.05) is 36.4 Å². The van der Waals surface area contributed by atoms with Crippen molar-refractivity contribution in [3.63, 3.8) is 0 Å². The van der Waals surface area contributed by atoms with Gasteiger partial charge in [-0.05, 0) is 43.5 Å². The SMILES string of the molecule is COc1ccccc1-c1ccccc1C(=O)N1CCCN(CC2CCCO2)CC1. The van der Waals surface area contributed by atoms with Crippen LogP contribution in [0.15, 0.2) is 48.5 Å². The summed E-state index contributed by atoms with van der Waals surface area (Å²) in [5.41, 5.74) is 2.62. The first-order valence-corrected chi connectivity index (χ1v) is 10.6. The molecule has 4 rings (SSSR count). The van der Waals surface area contributed by atoms with Gasteiger partial charge in [0.2, 0.25) is 0 Å². The summed E-state index contributed by atoms with van der Waals surface area (Å²) >= 11 is 0. The van der Waals surface area contributed by atoms with Gasteiger partial charge in [0, 0.05) is 43.9 Å². The largest absolute Gasteiger partial charge is 0.496 e. The summed E-state index contributed by atoms with van der Waals surface area (Å²) in [5, 5.41) is 0. The molecule has 2 aliphatic heterocycles. The standard InChI is InChI=1S/C24H30N2O3/c1-28-23-12-5-4-10-21(23)20-9-2-3-11-22(20)24(27)26-14-7-13-25(15-16-26)18-19-8-6-17-29-19/h2-5,9-12,19H,6-8,13-18H2,1H3. The molecule has 0 saturated carbocycles. The fourth-order valence-electron chi connectivity index (χ4n) is 4.37. The Morgan fingerprint density at radius 3 is 2.59 bits per heavy atom. The lowest BCUT2D eigenvalue weighted by Gasteiger charge is -2.24. The number of nitrogens with zero attached hydrogens (tertiary/aromatic N) is 2. The summed E-state index contributed by atoms with van der Waals surface area (Å²) in [7, 11) is 1.67. The first-order chi connectivity index (χ1) is 14.3. The monoisotopic (exact) mass is 394 g/mol. The van der Waals surface area contributed by atoms with E-state index >= 15 is 0 Å². The third kappa shape index (κ3) is 4.62. The highest BCUT2D eigenvalue weighted by Gasteiger charge is 2.25. The molecular weight excluding hydrogens is 364 g/mol. The van der Waals surface area contributed by atoms with Crippen molar-refractivity contribution in [3.05, 3.63) is 54.1 Å². The van der Waals surface area contributed by atoms with E-state index in [0.717, 1.165) is 74.6 Å². The number of hydrogen-bond donors (Lipinski definition) is 0. The van der Waals surface area contributed by atoms with Crippen LogP contribution in [0.5, 0.6) is 5.75 Å². The molecule has 1 amide bonds. The van der Waals surface area contributed by atoms with E-state index in [1.165, 1.54) is 6.42 Å². The summed E-state index contributed by atoms with van der Waals surface area (Å²) in [6.45, 7) is 5.36. The quantitative estimate of drug-likeness (QED) is 0.776. The van der Waals surface area contributed by atoms with Gasteiger partial charge in [0.25, 0.3) is 5.91 Å². The Labute approximate surface area is 173 Å². The van der Waals surface area contributed by atoms with E-state index in [4.69, 9.17) is 9.47 Å². The minimum atomic E-state index is 0.102. The number of amides is 1. The Morgan fingerprint density at radius 2 is 1.79 bits per heavy atom. The Balaban J connectivity index is 1.50. The van der Waals surface area contributed by atoms with Crippen molar-refractivity contribution in [1.82, 2.24) is 9.80 Å². The third-order valence-electron chi connectivity index (χ3n) is 5.92. The zero-order valence-corrected chi connectivity index (χ0v) is 17.2. The Bertz CT molecular complexity index is 832. The molecule has 0 bridgehead atoms. The summed E-state index contributed by atoms with van der Waals surface area (Å²) in [6.07, 6.45) is 3.69. The number of methoxy groups -OCH3 is 1. The van der Waals surface area contributed by atoms with Gasteiger partial charge < -0.3 is 14.4 Å². The fourth-order valence-corrected chi connectivity index (χ4v) is 4.37. The van der Waals surface area contributed by atoms with Gasteiger partial charge in [0.15, 0.2) is 0 Å². The molecule has 2 aliphatic rings. The number of ether oxygens (including phenoxy) is 2. The minimum absolute atomic E-state index is 0.102. The molecule has 0 spiro atoms. The van der Waals surface area contributed by atoms with Crippen LogP contribution in [0.1, 0.15) is 29.6 Å². The van der Waals surface area contributed by atoms with Crippen LogP contribution in [0.2, 0.25) is 0 Å². The Kier molecular flexibility index (Phi) is 6.47. The molecule has 154 valence electrons. The molecule has 2 aromatic rings. The van der Waals surface area contributed by atoms with Crippen molar-refractivity contribution >= 4 is 5.91 Å². The molecule has 2 heterocycles. The molecule has 1 unspecified atom stereocenters. The van der Waals surface area contributed by atoms with E-state index < -0.39 is 0 Å². The van der Waals surface area contributed by atoms with E-state index in [1.807, 2.05) is 53.4 Å². The maximum atomic E-state index is 13.4. The van der Waals surface area contributed by atoms with Gasteiger partial charge >= 0.3 is 0 Å².